The maximum atomic E-state index is 12.6. The first-order valence-electron chi connectivity index (χ1n) is 10.2. The SMILES string of the molecule is O=C(Nc1sc(-c2ccccc2)cc1C(=O)O)OCC1c2ccccc2-c2ccccc21. The van der Waals surface area contributed by atoms with Crippen molar-refractivity contribution in [2.75, 3.05) is 11.9 Å². The van der Waals surface area contributed by atoms with Gasteiger partial charge in [-0.1, -0.05) is 78.9 Å². The Morgan fingerprint density at radius 2 is 1.47 bits per heavy atom. The molecule has 1 amide bonds. The first kappa shape index (κ1) is 20.0. The zero-order chi connectivity index (χ0) is 22.1. The van der Waals surface area contributed by atoms with Crippen LogP contribution in [0.25, 0.3) is 21.6 Å². The molecule has 1 heterocycles. The predicted molar refractivity (Wildman–Crippen MR) is 125 cm³/mol. The summed E-state index contributed by atoms with van der Waals surface area (Å²) in [5.74, 6) is -1.16. The van der Waals surface area contributed by atoms with Crippen molar-refractivity contribution in [3.63, 3.8) is 0 Å². The van der Waals surface area contributed by atoms with E-state index in [4.69, 9.17) is 4.74 Å². The lowest BCUT2D eigenvalue weighted by molar-refractivity contribution is 0.0698. The molecule has 0 fully saturated rings. The summed E-state index contributed by atoms with van der Waals surface area (Å²) in [7, 11) is 0. The highest BCUT2D eigenvalue weighted by Gasteiger charge is 2.29. The van der Waals surface area contributed by atoms with Crippen molar-refractivity contribution in [1.82, 2.24) is 0 Å². The topological polar surface area (TPSA) is 75.6 Å². The number of ether oxygens (including phenoxy) is 1. The van der Waals surface area contributed by atoms with E-state index in [2.05, 4.69) is 29.6 Å². The highest BCUT2D eigenvalue weighted by molar-refractivity contribution is 7.20. The van der Waals surface area contributed by atoms with Gasteiger partial charge < -0.3 is 9.84 Å². The van der Waals surface area contributed by atoms with Crippen LogP contribution in [0.5, 0.6) is 0 Å². The number of anilines is 1. The smallest absolute Gasteiger partial charge is 0.412 e. The van der Waals surface area contributed by atoms with E-state index in [1.165, 1.54) is 11.3 Å². The van der Waals surface area contributed by atoms with Crippen LogP contribution in [0.3, 0.4) is 0 Å². The molecular formula is C26H19NO4S. The first-order valence-corrected chi connectivity index (χ1v) is 11.0. The number of carboxylic acid groups (broad SMARTS) is 1. The fraction of sp³-hybridized carbons (Fsp3) is 0.0769. The normalized spacial score (nSPS) is 12.1. The Labute approximate surface area is 188 Å². The molecular weight excluding hydrogens is 422 g/mol. The van der Waals surface area contributed by atoms with Crippen LogP contribution in [-0.2, 0) is 4.74 Å². The van der Waals surface area contributed by atoms with Crippen LogP contribution in [0.1, 0.15) is 27.4 Å². The van der Waals surface area contributed by atoms with Gasteiger partial charge in [0.15, 0.2) is 0 Å². The Hall–Kier alpha value is -3.90. The van der Waals surface area contributed by atoms with Gasteiger partial charge in [-0.15, -0.1) is 11.3 Å². The molecule has 32 heavy (non-hydrogen) atoms. The fourth-order valence-corrected chi connectivity index (χ4v) is 5.16. The van der Waals surface area contributed by atoms with Gasteiger partial charge in [0.05, 0.1) is 5.56 Å². The van der Waals surface area contributed by atoms with Crippen molar-refractivity contribution < 1.29 is 19.4 Å². The third-order valence-electron chi connectivity index (χ3n) is 5.58. The van der Waals surface area contributed by atoms with Gasteiger partial charge in [0, 0.05) is 10.8 Å². The van der Waals surface area contributed by atoms with E-state index in [1.807, 2.05) is 54.6 Å². The second kappa shape index (κ2) is 8.32. The molecule has 158 valence electrons. The van der Waals surface area contributed by atoms with Crippen molar-refractivity contribution in [2.45, 2.75) is 5.92 Å². The Bertz CT molecular complexity index is 1270. The molecule has 0 saturated carbocycles. The van der Waals surface area contributed by atoms with E-state index < -0.39 is 12.1 Å². The van der Waals surface area contributed by atoms with Gasteiger partial charge in [0.1, 0.15) is 11.6 Å². The number of carbonyl (C=O) groups excluding carboxylic acids is 1. The molecule has 0 saturated heterocycles. The minimum atomic E-state index is -1.10. The molecule has 0 bridgehead atoms. The molecule has 0 spiro atoms. The minimum absolute atomic E-state index is 0.0439. The van der Waals surface area contributed by atoms with Crippen LogP contribution in [0.4, 0.5) is 9.80 Å². The average molecular weight is 442 g/mol. The van der Waals surface area contributed by atoms with E-state index in [0.29, 0.717) is 0 Å². The number of hydrogen-bond acceptors (Lipinski definition) is 4. The van der Waals surface area contributed by atoms with E-state index in [9.17, 15) is 14.7 Å². The van der Waals surface area contributed by atoms with E-state index in [-0.39, 0.29) is 23.1 Å². The summed E-state index contributed by atoms with van der Waals surface area (Å²) >= 11 is 1.21. The van der Waals surface area contributed by atoms with Gasteiger partial charge in [-0.05, 0) is 33.9 Å². The van der Waals surface area contributed by atoms with Gasteiger partial charge in [-0.25, -0.2) is 9.59 Å². The average Bonchev–Trinajstić information content (AvgIpc) is 3.38. The number of fused-ring (bicyclic) bond motifs is 3. The highest BCUT2D eigenvalue weighted by atomic mass is 32.1. The Kier molecular flexibility index (Phi) is 5.21. The number of nitrogens with one attached hydrogen (secondary N) is 1. The number of carbonyl (C=O) groups is 2. The third-order valence-corrected chi connectivity index (χ3v) is 6.68. The summed E-state index contributed by atoms with van der Waals surface area (Å²) in [6.45, 7) is 0.166. The van der Waals surface area contributed by atoms with Gasteiger partial charge in [-0.2, -0.15) is 0 Å². The van der Waals surface area contributed by atoms with Crippen LogP contribution in [-0.4, -0.2) is 23.8 Å². The zero-order valence-corrected chi connectivity index (χ0v) is 17.8. The lowest BCUT2D eigenvalue weighted by atomic mass is 9.98. The summed E-state index contributed by atoms with van der Waals surface area (Å²) in [6, 6.07) is 27.2. The summed E-state index contributed by atoms with van der Waals surface area (Å²) in [6.07, 6.45) is -0.671. The van der Waals surface area contributed by atoms with Crippen LogP contribution in [0, 0.1) is 0 Å². The third kappa shape index (κ3) is 3.65. The number of aromatic carboxylic acids is 1. The van der Waals surface area contributed by atoms with Crippen LogP contribution < -0.4 is 5.32 Å². The molecule has 2 N–H and O–H groups in total. The number of rotatable bonds is 5. The monoisotopic (exact) mass is 441 g/mol. The summed E-state index contributed by atoms with van der Waals surface area (Å²) in [4.78, 5) is 25.1. The van der Waals surface area contributed by atoms with Crippen molar-refractivity contribution in [3.05, 3.63) is 102 Å². The highest BCUT2D eigenvalue weighted by Crippen LogP contribution is 2.44. The molecule has 0 radical (unpaired) electrons. The van der Waals surface area contributed by atoms with Crippen LogP contribution >= 0.6 is 11.3 Å². The largest absolute Gasteiger partial charge is 0.478 e. The second-order valence-electron chi connectivity index (χ2n) is 7.48. The molecule has 1 aliphatic carbocycles. The van der Waals surface area contributed by atoms with E-state index >= 15 is 0 Å². The lowest BCUT2D eigenvalue weighted by Gasteiger charge is -2.14. The summed E-state index contributed by atoms with van der Waals surface area (Å²) < 4.78 is 5.56. The minimum Gasteiger partial charge on any atom is -0.478 e. The molecule has 6 heteroatoms. The molecule has 1 aromatic heterocycles. The molecule has 0 aliphatic heterocycles. The maximum Gasteiger partial charge on any atom is 0.412 e. The molecule has 5 rings (SSSR count). The van der Waals surface area contributed by atoms with Crippen molar-refractivity contribution in [1.29, 1.82) is 0 Å². The van der Waals surface area contributed by atoms with Crippen molar-refractivity contribution in [3.8, 4) is 21.6 Å². The standard InChI is InChI=1S/C26H19NO4S/c28-25(29)21-14-23(16-8-2-1-3-9-16)32-24(21)27-26(30)31-15-22-19-12-6-4-10-17(19)18-11-5-7-13-20(18)22/h1-14,22H,15H2,(H,27,30)(H,28,29). The van der Waals surface area contributed by atoms with Gasteiger partial charge in [0.2, 0.25) is 0 Å². The van der Waals surface area contributed by atoms with Gasteiger partial charge >= 0.3 is 12.1 Å². The fourth-order valence-electron chi connectivity index (χ4n) is 4.11. The van der Waals surface area contributed by atoms with Crippen molar-refractivity contribution in [2.24, 2.45) is 0 Å². The van der Waals surface area contributed by atoms with E-state index in [1.54, 1.807) is 6.07 Å². The molecule has 3 aromatic carbocycles. The molecule has 0 unspecified atom stereocenters. The lowest BCUT2D eigenvalue weighted by Crippen LogP contribution is -2.18. The molecule has 5 nitrogen and oxygen atoms in total. The molecule has 0 atom stereocenters. The van der Waals surface area contributed by atoms with Gasteiger partial charge in [-0.3, -0.25) is 5.32 Å². The zero-order valence-electron chi connectivity index (χ0n) is 16.9. The second-order valence-corrected chi connectivity index (χ2v) is 8.53. The van der Waals surface area contributed by atoms with Crippen LogP contribution in [0.2, 0.25) is 0 Å². The van der Waals surface area contributed by atoms with Crippen molar-refractivity contribution >= 4 is 28.4 Å². The summed E-state index contributed by atoms with van der Waals surface area (Å²) in [5, 5.41) is 12.5. The number of benzene rings is 3. The maximum absolute atomic E-state index is 12.6. The number of hydrogen-bond donors (Lipinski definition) is 2. The van der Waals surface area contributed by atoms with Gasteiger partial charge in [0.25, 0.3) is 0 Å². The number of carboxylic acids is 1. The summed E-state index contributed by atoms with van der Waals surface area (Å²) in [5.41, 5.74) is 5.47. The Balaban J connectivity index is 1.34. The van der Waals surface area contributed by atoms with Crippen LogP contribution in [0.15, 0.2) is 84.9 Å². The predicted octanol–water partition coefficient (Wildman–Crippen LogP) is 6.47. The molecule has 4 aromatic rings. The van der Waals surface area contributed by atoms with E-state index in [0.717, 1.165) is 32.7 Å². The molecule has 1 aliphatic rings. The number of thiophene rings is 1. The first-order chi connectivity index (χ1) is 15.6. The number of amides is 1. The Morgan fingerprint density at radius 1 is 0.875 bits per heavy atom. The Morgan fingerprint density at radius 3 is 2.09 bits per heavy atom. The quantitative estimate of drug-likeness (QED) is 0.372.